The number of aromatic carboxylic acids is 1. The van der Waals surface area contributed by atoms with Gasteiger partial charge in [-0.25, -0.2) is 4.79 Å². The molecule has 0 amide bonds. The first-order valence-corrected chi connectivity index (χ1v) is 4.85. The molecule has 1 aromatic carbocycles. The van der Waals surface area contributed by atoms with Crippen LogP contribution in [0.3, 0.4) is 0 Å². The van der Waals surface area contributed by atoms with Gasteiger partial charge in [0, 0.05) is 0 Å². The highest BCUT2D eigenvalue weighted by Gasteiger charge is 2.20. The number of aliphatic carboxylic acids is 1. The molecule has 0 saturated carbocycles. The lowest BCUT2D eigenvalue weighted by atomic mass is 9.89. The van der Waals surface area contributed by atoms with Crippen molar-refractivity contribution in [3.8, 4) is 0 Å². The number of carboxylic acids is 2. The van der Waals surface area contributed by atoms with Gasteiger partial charge in [0.15, 0.2) is 0 Å². The molecule has 4 heteroatoms. The SMILES string of the molecule is O=C(O)c1ccc2c(c1)C=CC(C(=O)O)C2. The van der Waals surface area contributed by atoms with Gasteiger partial charge in [-0.3, -0.25) is 4.79 Å². The predicted molar refractivity (Wildman–Crippen MR) is 57.3 cm³/mol. The van der Waals surface area contributed by atoms with Crippen LogP contribution >= 0.6 is 0 Å². The fraction of sp³-hybridized carbons (Fsp3) is 0.167. The van der Waals surface area contributed by atoms with Gasteiger partial charge >= 0.3 is 11.9 Å². The number of rotatable bonds is 2. The van der Waals surface area contributed by atoms with Crippen LogP contribution in [-0.4, -0.2) is 22.2 Å². The van der Waals surface area contributed by atoms with Gasteiger partial charge in [-0.2, -0.15) is 0 Å². The monoisotopic (exact) mass is 218 g/mol. The smallest absolute Gasteiger partial charge is 0.335 e. The minimum absolute atomic E-state index is 0.220. The van der Waals surface area contributed by atoms with E-state index in [1.165, 1.54) is 6.07 Å². The third kappa shape index (κ3) is 1.82. The average Bonchev–Trinajstić information content (AvgIpc) is 2.27. The first kappa shape index (κ1) is 10.4. The van der Waals surface area contributed by atoms with Gasteiger partial charge in [0.2, 0.25) is 0 Å². The van der Waals surface area contributed by atoms with Crippen molar-refractivity contribution in [1.82, 2.24) is 0 Å². The van der Waals surface area contributed by atoms with E-state index >= 15 is 0 Å². The van der Waals surface area contributed by atoms with Gasteiger partial charge < -0.3 is 10.2 Å². The van der Waals surface area contributed by atoms with Crippen LogP contribution in [-0.2, 0) is 11.2 Å². The van der Waals surface area contributed by atoms with E-state index in [1.54, 1.807) is 24.3 Å². The Balaban J connectivity index is 2.36. The highest BCUT2D eigenvalue weighted by atomic mass is 16.4. The Morgan fingerprint density at radius 3 is 2.62 bits per heavy atom. The van der Waals surface area contributed by atoms with Crippen LogP contribution in [0.1, 0.15) is 21.5 Å². The minimum atomic E-state index is -0.975. The molecular formula is C12H10O4. The van der Waals surface area contributed by atoms with Crippen LogP contribution in [0.25, 0.3) is 6.08 Å². The fourth-order valence-corrected chi connectivity index (χ4v) is 1.76. The fourth-order valence-electron chi connectivity index (χ4n) is 1.76. The Morgan fingerprint density at radius 1 is 1.25 bits per heavy atom. The lowest BCUT2D eigenvalue weighted by Crippen LogP contribution is -2.17. The van der Waals surface area contributed by atoms with Crippen LogP contribution < -0.4 is 0 Å². The summed E-state index contributed by atoms with van der Waals surface area (Å²) in [6, 6.07) is 4.74. The van der Waals surface area contributed by atoms with E-state index in [1.807, 2.05) is 0 Å². The van der Waals surface area contributed by atoms with Crippen LogP contribution in [0.5, 0.6) is 0 Å². The summed E-state index contributed by atoms with van der Waals surface area (Å²) in [4.78, 5) is 21.5. The van der Waals surface area contributed by atoms with Gasteiger partial charge in [-0.05, 0) is 29.7 Å². The lowest BCUT2D eigenvalue weighted by molar-refractivity contribution is -0.140. The number of fused-ring (bicyclic) bond motifs is 1. The first-order valence-electron chi connectivity index (χ1n) is 4.85. The molecule has 2 rings (SSSR count). The molecule has 0 saturated heterocycles. The topological polar surface area (TPSA) is 74.6 Å². The van der Waals surface area contributed by atoms with Crippen molar-refractivity contribution >= 4 is 18.0 Å². The summed E-state index contributed by atoms with van der Waals surface area (Å²) in [5, 5.41) is 17.7. The summed E-state index contributed by atoms with van der Waals surface area (Å²) >= 11 is 0. The normalized spacial score (nSPS) is 17.9. The van der Waals surface area contributed by atoms with Crippen LogP contribution in [0.15, 0.2) is 24.3 Å². The maximum atomic E-state index is 10.8. The standard InChI is InChI=1S/C12H10O4/c13-11(14)9-3-1-7-5-10(12(15)16)4-2-8(7)6-9/h1-5,9H,6H2,(H,13,14)(H,15,16). The summed E-state index contributed by atoms with van der Waals surface area (Å²) < 4.78 is 0. The molecule has 1 aliphatic rings. The molecule has 1 unspecified atom stereocenters. The molecule has 16 heavy (non-hydrogen) atoms. The molecule has 0 aliphatic heterocycles. The Hall–Kier alpha value is -2.10. The summed E-state index contributed by atoms with van der Waals surface area (Å²) in [5.74, 6) is -2.34. The Bertz CT molecular complexity index is 488. The van der Waals surface area contributed by atoms with Crippen LogP contribution in [0.2, 0.25) is 0 Å². The zero-order valence-electron chi connectivity index (χ0n) is 8.38. The number of hydrogen-bond donors (Lipinski definition) is 2. The number of benzene rings is 1. The predicted octanol–water partition coefficient (Wildman–Crippen LogP) is 1.65. The molecule has 0 bridgehead atoms. The van der Waals surface area contributed by atoms with Crippen molar-refractivity contribution in [3.05, 3.63) is 41.0 Å². The molecule has 0 fully saturated rings. The van der Waals surface area contributed by atoms with Crippen molar-refractivity contribution in [2.24, 2.45) is 5.92 Å². The van der Waals surface area contributed by atoms with Gasteiger partial charge in [-0.1, -0.05) is 18.2 Å². The van der Waals surface area contributed by atoms with E-state index in [0.29, 0.717) is 6.42 Å². The molecule has 1 aliphatic carbocycles. The molecular weight excluding hydrogens is 208 g/mol. The minimum Gasteiger partial charge on any atom is -0.481 e. The Kier molecular flexibility index (Phi) is 2.48. The van der Waals surface area contributed by atoms with Gasteiger partial charge in [0.05, 0.1) is 11.5 Å². The molecule has 0 heterocycles. The van der Waals surface area contributed by atoms with Crippen molar-refractivity contribution < 1.29 is 19.8 Å². The van der Waals surface area contributed by atoms with Crippen molar-refractivity contribution in [1.29, 1.82) is 0 Å². The van der Waals surface area contributed by atoms with Gasteiger partial charge in [0.25, 0.3) is 0 Å². The quantitative estimate of drug-likeness (QED) is 0.791. The van der Waals surface area contributed by atoms with Gasteiger partial charge in [0.1, 0.15) is 0 Å². The van der Waals surface area contributed by atoms with Crippen molar-refractivity contribution in [2.75, 3.05) is 0 Å². The van der Waals surface area contributed by atoms with Crippen LogP contribution in [0, 0.1) is 5.92 Å². The molecule has 2 N–H and O–H groups in total. The molecule has 0 radical (unpaired) electrons. The van der Waals surface area contributed by atoms with E-state index in [4.69, 9.17) is 10.2 Å². The van der Waals surface area contributed by atoms with E-state index in [2.05, 4.69) is 0 Å². The molecule has 0 spiro atoms. The summed E-state index contributed by atoms with van der Waals surface area (Å²) in [7, 11) is 0. The van der Waals surface area contributed by atoms with E-state index in [9.17, 15) is 9.59 Å². The summed E-state index contributed by atoms with van der Waals surface area (Å²) in [6.07, 6.45) is 3.68. The van der Waals surface area contributed by atoms with E-state index in [0.717, 1.165) is 11.1 Å². The van der Waals surface area contributed by atoms with E-state index in [-0.39, 0.29) is 5.56 Å². The second-order valence-corrected chi connectivity index (χ2v) is 3.73. The summed E-state index contributed by atoms with van der Waals surface area (Å²) in [5.41, 5.74) is 1.88. The number of carboxylic acid groups (broad SMARTS) is 2. The van der Waals surface area contributed by atoms with Crippen molar-refractivity contribution in [3.63, 3.8) is 0 Å². The lowest BCUT2D eigenvalue weighted by Gasteiger charge is -2.16. The average molecular weight is 218 g/mol. The molecule has 1 aromatic rings. The number of carbonyl (C=O) groups is 2. The van der Waals surface area contributed by atoms with Crippen LogP contribution in [0.4, 0.5) is 0 Å². The molecule has 82 valence electrons. The largest absolute Gasteiger partial charge is 0.481 e. The second-order valence-electron chi connectivity index (χ2n) is 3.73. The first-order chi connectivity index (χ1) is 7.58. The highest BCUT2D eigenvalue weighted by molar-refractivity contribution is 5.89. The molecule has 1 atom stereocenters. The van der Waals surface area contributed by atoms with E-state index < -0.39 is 17.9 Å². The Morgan fingerprint density at radius 2 is 2.00 bits per heavy atom. The third-order valence-corrected chi connectivity index (χ3v) is 2.66. The number of hydrogen-bond acceptors (Lipinski definition) is 2. The highest BCUT2D eigenvalue weighted by Crippen LogP contribution is 2.24. The second kappa shape index (κ2) is 3.81. The maximum absolute atomic E-state index is 10.8. The third-order valence-electron chi connectivity index (χ3n) is 2.66. The maximum Gasteiger partial charge on any atom is 0.335 e. The molecule has 4 nitrogen and oxygen atoms in total. The van der Waals surface area contributed by atoms with Crippen molar-refractivity contribution in [2.45, 2.75) is 6.42 Å². The molecule has 0 aromatic heterocycles. The zero-order chi connectivity index (χ0) is 11.7. The Labute approximate surface area is 91.8 Å². The summed E-state index contributed by atoms with van der Waals surface area (Å²) in [6.45, 7) is 0. The van der Waals surface area contributed by atoms with Gasteiger partial charge in [-0.15, -0.1) is 0 Å². The zero-order valence-corrected chi connectivity index (χ0v) is 8.38.